The summed E-state index contributed by atoms with van der Waals surface area (Å²) in [6, 6.07) is -0.644. The molecule has 78 valence electrons. The standard InChI is InChI=1S/C8H17NO3S/c1-6(2)8(10)7(9)4-5-13(3,11)12/h6-7H,4-5,9H2,1-3H3. The molecule has 0 amide bonds. The Kier molecular flexibility index (Phi) is 4.56. The first-order chi connectivity index (χ1) is 5.74. The van der Waals surface area contributed by atoms with E-state index in [4.69, 9.17) is 5.73 Å². The van der Waals surface area contributed by atoms with Crippen molar-refractivity contribution in [2.75, 3.05) is 12.0 Å². The van der Waals surface area contributed by atoms with Crippen molar-refractivity contribution in [3.05, 3.63) is 0 Å². The summed E-state index contributed by atoms with van der Waals surface area (Å²) in [5, 5.41) is 0. The predicted octanol–water partition coefficient (Wildman–Crippen LogP) is -0.0265. The molecule has 4 nitrogen and oxygen atoms in total. The van der Waals surface area contributed by atoms with E-state index in [9.17, 15) is 13.2 Å². The Morgan fingerprint density at radius 1 is 1.38 bits per heavy atom. The first-order valence-corrected chi connectivity index (χ1v) is 6.27. The Morgan fingerprint density at radius 2 is 1.85 bits per heavy atom. The van der Waals surface area contributed by atoms with Crippen LogP contribution in [0.4, 0.5) is 0 Å². The van der Waals surface area contributed by atoms with Gasteiger partial charge in [0.25, 0.3) is 0 Å². The molecule has 0 aliphatic heterocycles. The molecule has 5 heteroatoms. The molecule has 0 aromatic heterocycles. The molecule has 0 saturated heterocycles. The van der Waals surface area contributed by atoms with Gasteiger partial charge in [-0.2, -0.15) is 0 Å². The van der Waals surface area contributed by atoms with Crippen LogP contribution in [0.3, 0.4) is 0 Å². The molecule has 2 N–H and O–H groups in total. The molecule has 0 aliphatic rings. The first kappa shape index (κ1) is 12.6. The zero-order chi connectivity index (χ0) is 10.6. The van der Waals surface area contributed by atoms with E-state index in [-0.39, 0.29) is 23.9 Å². The number of hydrogen-bond donors (Lipinski definition) is 1. The van der Waals surface area contributed by atoms with E-state index in [1.165, 1.54) is 0 Å². The van der Waals surface area contributed by atoms with Crippen molar-refractivity contribution in [3.8, 4) is 0 Å². The number of Topliss-reactive ketones (excluding diaryl/α,β-unsaturated/α-hetero) is 1. The maximum atomic E-state index is 11.2. The Morgan fingerprint density at radius 3 is 2.15 bits per heavy atom. The first-order valence-electron chi connectivity index (χ1n) is 4.21. The summed E-state index contributed by atoms with van der Waals surface area (Å²) in [5.74, 6) is -0.231. The molecule has 1 unspecified atom stereocenters. The van der Waals surface area contributed by atoms with Crippen molar-refractivity contribution in [1.82, 2.24) is 0 Å². The molecule has 0 radical (unpaired) electrons. The molecule has 0 saturated carbocycles. The van der Waals surface area contributed by atoms with Gasteiger partial charge in [0.15, 0.2) is 5.78 Å². The zero-order valence-electron chi connectivity index (χ0n) is 8.28. The number of ketones is 1. The van der Waals surface area contributed by atoms with Gasteiger partial charge in [-0.3, -0.25) is 4.79 Å². The van der Waals surface area contributed by atoms with Crippen molar-refractivity contribution >= 4 is 15.6 Å². The minimum Gasteiger partial charge on any atom is -0.321 e. The average Bonchev–Trinajstić information content (AvgIpc) is 1.97. The maximum absolute atomic E-state index is 11.2. The van der Waals surface area contributed by atoms with Gasteiger partial charge in [-0.25, -0.2) is 8.42 Å². The van der Waals surface area contributed by atoms with Crippen LogP contribution in [0.1, 0.15) is 20.3 Å². The van der Waals surface area contributed by atoms with Gasteiger partial charge < -0.3 is 5.73 Å². The smallest absolute Gasteiger partial charge is 0.152 e. The summed E-state index contributed by atoms with van der Waals surface area (Å²) in [5.41, 5.74) is 5.51. The topological polar surface area (TPSA) is 77.2 Å². The van der Waals surface area contributed by atoms with Crippen molar-refractivity contribution in [1.29, 1.82) is 0 Å². The van der Waals surface area contributed by atoms with E-state index in [0.717, 1.165) is 6.26 Å². The van der Waals surface area contributed by atoms with Crippen LogP contribution in [0, 0.1) is 5.92 Å². The second-order valence-electron chi connectivity index (χ2n) is 3.58. The Labute approximate surface area is 79.4 Å². The van der Waals surface area contributed by atoms with E-state index in [1.54, 1.807) is 13.8 Å². The predicted molar refractivity (Wildman–Crippen MR) is 52.1 cm³/mol. The summed E-state index contributed by atoms with van der Waals surface area (Å²) >= 11 is 0. The van der Waals surface area contributed by atoms with Crippen molar-refractivity contribution in [3.63, 3.8) is 0 Å². The highest BCUT2D eigenvalue weighted by Gasteiger charge is 2.18. The quantitative estimate of drug-likeness (QED) is 0.687. The van der Waals surface area contributed by atoms with E-state index in [2.05, 4.69) is 0 Å². The van der Waals surface area contributed by atoms with Crippen LogP contribution in [0.25, 0.3) is 0 Å². The monoisotopic (exact) mass is 207 g/mol. The van der Waals surface area contributed by atoms with Crippen LogP contribution < -0.4 is 5.73 Å². The van der Waals surface area contributed by atoms with Gasteiger partial charge in [-0.15, -0.1) is 0 Å². The van der Waals surface area contributed by atoms with Gasteiger partial charge in [0.2, 0.25) is 0 Å². The summed E-state index contributed by atoms with van der Waals surface area (Å²) in [4.78, 5) is 11.2. The molecule has 0 bridgehead atoms. The Hall–Kier alpha value is -0.420. The van der Waals surface area contributed by atoms with Crippen molar-refractivity contribution in [2.45, 2.75) is 26.3 Å². The number of hydrogen-bond acceptors (Lipinski definition) is 4. The number of carbonyl (C=O) groups is 1. The number of rotatable bonds is 5. The van der Waals surface area contributed by atoms with Crippen LogP contribution in [0.5, 0.6) is 0 Å². The molecule has 0 aliphatic carbocycles. The maximum Gasteiger partial charge on any atom is 0.152 e. The summed E-state index contributed by atoms with van der Waals surface area (Å²) < 4.78 is 21.5. The highest BCUT2D eigenvalue weighted by atomic mass is 32.2. The second kappa shape index (κ2) is 4.72. The lowest BCUT2D eigenvalue weighted by molar-refractivity contribution is -0.123. The van der Waals surface area contributed by atoms with E-state index in [1.807, 2.05) is 0 Å². The Balaban J connectivity index is 4.03. The highest BCUT2D eigenvalue weighted by Crippen LogP contribution is 2.02. The minimum atomic E-state index is -3.01. The van der Waals surface area contributed by atoms with Crippen LogP contribution >= 0.6 is 0 Å². The Bertz CT molecular complexity index is 269. The van der Waals surface area contributed by atoms with E-state index >= 15 is 0 Å². The lowest BCUT2D eigenvalue weighted by atomic mass is 10.0. The van der Waals surface area contributed by atoms with Crippen molar-refractivity contribution in [2.24, 2.45) is 11.7 Å². The third-order valence-electron chi connectivity index (χ3n) is 1.73. The van der Waals surface area contributed by atoms with Crippen LogP contribution in [0.15, 0.2) is 0 Å². The fourth-order valence-corrected chi connectivity index (χ4v) is 1.59. The van der Waals surface area contributed by atoms with Crippen LogP contribution in [-0.2, 0) is 14.6 Å². The number of nitrogens with two attached hydrogens (primary N) is 1. The highest BCUT2D eigenvalue weighted by molar-refractivity contribution is 7.90. The SMILES string of the molecule is CC(C)C(=O)C(N)CCS(C)(=O)=O. The summed E-state index contributed by atoms with van der Waals surface area (Å²) in [6.07, 6.45) is 1.36. The van der Waals surface area contributed by atoms with Gasteiger partial charge in [0, 0.05) is 12.2 Å². The minimum absolute atomic E-state index is 0.0212. The zero-order valence-corrected chi connectivity index (χ0v) is 9.10. The average molecular weight is 207 g/mol. The third-order valence-corrected chi connectivity index (χ3v) is 2.71. The van der Waals surface area contributed by atoms with Crippen LogP contribution in [0.2, 0.25) is 0 Å². The van der Waals surface area contributed by atoms with Crippen molar-refractivity contribution < 1.29 is 13.2 Å². The molecule has 0 rings (SSSR count). The van der Waals surface area contributed by atoms with E-state index in [0.29, 0.717) is 0 Å². The number of sulfone groups is 1. The molecule has 13 heavy (non-hydrogen) atoms. The lowest BCUT2D eigenvalue weighted by Gasteiger charge is -2.11. The number of carbonyl (C=O) groups excluding carboxylic acids is 1. The normalized spacial score (nSPS) is 14.5. The molecular weight excluding hydrogens is 190 g/mol. The van der Waals surface area contributed by atoms with Gasteiger partial charge >= 0.3 is 0 Å². The fraction of sp³-hybridized carbons (Fsp3) is 0.875. The van der Waals surface area contributed by atoms with Gasteiger partial charge in [0.1, 0.15) is 9.84 Å². The van der Waals surface area contributed by atoms with Gasteiger partial charge in [0.05, 0.1) is 11.8 Å². The molecule has 0 aromatic carbocycles. The summed E-state index contributed by atoms with van der Waals surface area (Å²) in [7, 11) is -3.01. The fourth-order valence-electron chi connectivity index (χ4n) is 0.911. The molecular formula is C8H17NO3S. The van der Waals surface area contributed by atoms with E-state index < -0.39 is 15.9 Å². The lowest BCUT2D eigenvalue weighted by Crippen LogP contribution is -2.35. The summed E-state index contributed by atoms with van der Waals surface area (Å²) in [6.45, 7) is 3.51. The third kappa shape index (κ3) is 5.76. The van der Waals surface area contributed by atoms with Gasteiger partial charge in [-0.1, -0.05) is 13.8 Å². The van der Waals surface area contributed by atoms with Crippen LogP contribution in [-0.4, -0.2) is 32.3 Å². The van der Waals surface area contributed by atoms with Gasteiger partial charge in [-0.05, 0) is 6.42 Å². The molecule has 0 heterocycles. The molecule has 0 spiro atoms. The molecule has 1 atom stereocenters. The largest absolute Gasteiger partial charge is 0.321 e. The molecule has 0 fully saturated rings. The molecule has 0 aromatic rings. The second-order valence-corrected chi connectivity index (χ2v) is 5.84.